The number of hydrogen-bond donors (Lipinski definition) is 0. The Labute approximate surface area is 76.2 Å². The van der Waals surface area contributed by atoms with Crippen molar-refractivity contribution in [2.45, 2.75) is 0 Å². The Morgan fingerprint density at radius 3 is 2.82 bits per heavy atom. The molecule has 0 aliphatic rings. The fourth-order valence-electron chi connectivity index (χ4n) is 0.533. The van der Waals surface area contributed by atoms with E-state index in [1.165, 1.54) is 12.4 Å². The molecule has 1 heterocycles. The van der Waals surface area contributed by atoms with E-state index < -0.39 is 0 Å². The monoisotopic (exact) mass is 262 g/mol. The highest BCUT2D eigenvalue weighted by atomic mass is 127. The zero-order valence-electron chi connectivity index (χ0n) is 5.32. The Kier molecular flexibility index (Phi) is 2.64. The van der Waals surface area contributed by atoms with Crippen molar-refractivity contribution in [1.82, 2.24) is 9.97 Å². The highest BCUT2D eigenvalue weighted by Crippen LogP contribution is 2.00. The van der Waals surface area contributed by atoms with Gasteiger partial charge in [-0.25, -0.2) is 4.98 Å². The fourth-order valence-corrected chi connectivity index (χ4v) is 0.792. The van der Waals surface area contributed by atoms with Crippen LogP contribution >= 0.6 is 22.6 Å². The molecule has 1 aromatic heterocycles. The smallest absolute Gasteiger partial charge is 0.242 e. The van der Waals surface area contributed by atoms with Crippen molar-refractivity contribution in [3.05, 3.63) is 23.8 Å². The van der Waals surface area contributed by atoms with E-state index in [1.54, 1.807) is 22.6 Å². The lowest BCUT2D eigenvalue weighted by Gasteiger charge is -1.91. The number of rotatable bonds is 2. The van der Waals surface area contributed by atoms with Crippen LogP contribution in [-0.2, 0) is 0 Å². The maximum Gasteiger partial charge on any atom is 0.242 e. The molecule has 0 aliphatic carbocycles. The van der Waals surface area contributed by atoms with Crippen molar-refractivity contribution in [1.29, 1.82) is 0 Å². The van der Waals surface area contributed by atoms with Crippen LogP contribution in [-0.4, -0.2) is 20.0 Å². The van der Waals surface area contributed by atoms with Crippen molar-refractivity contribution in [3.8, 4) is 0 Å². The van der Waals surface area contributed by atoms with Crippen LogP contribution in [0.4, 0.5) is 0 Å². The molecule has 56 valence electrons. The fraction of sp³-hybridized carbons (Fsp3) is 0. The third-order valence-electron chi connectivity index (χ3n) is 0.975. The minimum absolute atomic E-state index is 0.174. The van der Waals surface area contributed by atoms with Gasteiger partial charge in [0.25, 0.3) is 0 Å². The molecule has 0 amide bonds. The van der Waals surface area contributed by atoms with Crippen molar-refractivity contribution in [3.63, 3.8) is 0 Å². The van der Waals surface area contributed by atoms with E-state index in [-0.39, 0.29) is 15.2 Å². The van der Waals surface area contributed by atoms with Gasteiger partial charge < -0.3 is 0 Å². The highest BCUT2D eigenvalue weighted by molar-refractivity contribution is 14.1. The summed E-state index contributed by atoms with van der Waals surface area (Å²) in [5.74, 6) is 0. The van der Waals surface area contributed by atoms with Crippen LogP contribution in [0.2, 0.25) is 0 Å². The van der Waals surface area contributed by atoms with Gasteiger partial charge in [0, 0.05) is 22.6 Å². The molecule has 0 bridgehead atoms. The summed E-state index contributed by atoms with van der Waals surface area (Å²) in [7, 11) is 0. The number of nitrogens with zero attached hydrogens (tertiary/aromatic N) is 2. The second kappa shape index (κ2) is 3.51. The molecule has 0 spiro atoms. The van der Waals surface area contributed by atoms with Crippen molar-refractivity contribution in [2.24, 2.45) is 0 Å². The zero-order chi connectivity index (χ0) is 8.27. The summed E-state index contributed by atoms with van der Waals surface area (Å²) in [6.45, 7) is 0. The van der Waals surface area contributed by atoms with Gasteiger partial charge >= 0.3 is 0 Å². The van der Waals surface area contributed by atoms with Crippen LogP contribution < -0.4 is 0 Å². The molecule has 0 N–H and O–H groups in total. The van der Waals surface area contributed by atoms with Gasteiger partial charge in [-0.3, -0.25) is 14.6 Å². The second-order valence-corrected chi connectivity index (χ2v) is 2.70. The average Bonchev–Trinajstić information content (AvgIpc) is 2.05. The molecule has 11 heavy (non-hydrogen) atoms. The van der Waals surface area contributed by atoms with Crippen LogP contribution in [0.3, 0.4) is 0 Å². The van der Waals surface area contributed by atoms with Gasteiger partial charge in [0.15, 0.2) is 6.29 Å². The highest BCUT2D eigenvalue weighted by Gasteiger charge is 2.02. The Morgan fingerprint density at radius 2 is 2.27 bits per heavy atom. The number of aldehydes is 1. The minimum atomic E-state index is -0.223. The Balaban J connectivity index is 3.10. The first-order chi connectivity index (χ1) is 5.24. The van der Waals surface area contributed by atoms with E-state index in [4.69, 9.17) is 0 Å². The quantitative estimate of drug-likeness (QED) is 0.450. The molecule has 0 atom stereocenters. The summed E-state index contributed by atoms with van der Waals surface area (Å²) in [5.41, 5.74) is 0.378. The Bertz CT molecular complexity index is 300. The number of carbonyl (C=O) groups excluding carboxylic acids is 2. The van der Waals surface area contributed by atoms with Gasteiger partial charge in [-0.15, -0.1) is 0 Å². The maximum absolute atomic E-state index is 10.7. The zero-order valence-corrected chi connectivity index (χ0v) is 7.48. The lowest BCUT2D eigenvalue weighted by molar-refractivity contribution is 0.110. The molecule has 1 rings (SSSR count). The van der Waals surface area contributed by atoms with Gasteiger partial charge in [0.2, 0.25) is 3.79 Å². The maximum atomic E-state index is 10.7. The SMILES string of the molecule is O=Cc1cncc(C(=O)I)n1. The first-order valence-electron chi connectivity index (χ1n) is 2.71. The third kappa shape index (κ3) is 2.04. The predicted octanol–water partition coefficient (Wildman–Crippen LogP) is 0.864. The lowest BCUT2D eigenvalue weighted by Crippen LogP contribution is -1.98. The predicted molar refractivity (Wildman–Crippen MR) is 45.8 cm³/mol. The van der Waals surface area contributed by atoms with Crippen LogP contribution in [0.5, 0.6) is 0 Å². The van der Waals surface area contributed by atoms with E-state index in [9.17, 15) is 9.59 Å². The number of halogens is 1. The molecular weight excluding hydrogens is 259 g/mol. The van der Waals surface area contributed by atoms with Crippen LogP contribution in [0.25, 0.3) is 0 Å². The summed E-state index contributed by atoms with van der Waals surface area (Å²) in [6.07, 6.45) is 3.17. The molecular formula is C6H3IN2O2. The molecule has 0 aromatic carbocycles. The van der Waals surface area contributed by atoms with Gasteiger partial charge in [0.1, 0.15) is 11.4 Å². The summed E-state index contributed by atoms with van der Waals surface area (Å²) in [4.78, 5) is 28.2. The normalized spacial score (nSPS) is 9.18. The molecule has 4 nitrogen and oxygen atoms in total. The topological polar surface area (TPSA) is 59.9 Å². The van der Waals surface area contributed by atoms with E-state index in [1.807, 2.05) is 0 Å². The first-order valence-corrected chi connectivity index (χ1v) is 3.79. The number of hydrogen-bond acceptors (Lipinski definition) is 4. The summed E-state index contributed by atoms with van der Waals surface area (Å²) < 4.78 is -0.223. The minimum Gasteiger partial charge on any atom is -0.296 e. The molecule has 0 unspecified atom stereocenters. The second-order valence-electron chi connectivity index (χ2n) is 1.72. The van der Waals surface area contributed by atoms with E-state index in [2.05, 4.69) is 9.97 Å². The molecule has 0 radical (unpaired) electrons. The number of carbonyl (C=O) groups is 2. The van der Waals surface area contributed by atoms with Crippen LogP contribution in [0.1, 0.15) is 21.0 Å². The summed E-state index contributed by atoms with van der Waals surface area (Å²) in [5, 5.41) is 0. The molecule has 0 saturated heterocycles. The van der Waals surface area contributed by atoms with Crippen molar-refractivity contribution < 1.29 is 9.59 Å². The van der Waals surface area contributed by atoms with Crippen LogP contribution in [0, 0.1) is 0 Å². The van der Waals surface area contributed by atoms with Gasteiger partial charge in [-0.2, -0.15) is 0 Å². The van der Waals surface area contributed by atoms with Crippen LogP contribution in [0.15, 0.2) is 12.4 Å². The molecule has 5 heteroatoms. The molecule has 0 fully saturated rings. The first kappa shape index (κ1) is 8.25. The molecule has 1 aromatic rings. The molecule has 0 saturated carbocycles. The standard InChI is InChI=1S/C6H3IN2O2/c7-6(11)5-2-8-1-4(3-10)9-5/h1-3H. The van der Waals surface area contributed by atoms with E-state index >= 15 is 0 Å². The van der Waals surface area contributed by atoms with E-state index in [0.29, 0.717) is 6.29 Å². The summed E-state index contributed by atoms with van der Waals surface area (Å²) in [6, 6.07) is 0. The largest absolute Gasteiger partial charge is 0.296 e. The lowest BCUT2D eigenvalue weighted by atomic mass is 10.4. The molecule has 0 aliphatic heterocycles. The van der Waals surface area contributed by atoms with E-state index in [0.717, 1.165) is 0 Å². The van der Waals surface area contributed by atoms with Gasteiger partial charge in [0.05, 0.1) is 12.4 Å². The van der Waals surface area contributed by atoms with Gasteiger partial charge in [-0.05, 0) is 0 Å². The van der Waals surface area contributed by atoms with Crippen molar-refractivity contribution in [2.75, 3.05) is 0 Å². The Hall–Kier alpha value is -0.850. The average molecular weight is 262 g/mol. The summed E-state index contributed by atoms with van der Waals surface area (Å²) >= 11 is 1.58. The van der Waals surface area contributed by atoms with Gasteiger partial charge in [-0.1, -0.05) is 0 Å². The van der Waals surface area contributed by atoms with Crippen molar-refractivity contribution >= 4 is 32.7 Å². The third-order valence-corrected chi connectivity index (χ3v) is 1.53. The number of aromatic nitrogens is 2. The Morgan fingerprint density at radius 1 is 1.55 bits per heavy atom.